The summed E-state index contributed by atoms with van der Waals surface area (Å²) >= 11 is 0. The van der Waals surface area contributed by atoms with Gasteiger partial charge >= 0.3 is 0 Å². The molecule has 4 N–H and O–H groups in total. The first-order valence-corrected chi connectivity index (χ1v) is 21.4. The summed E-state index contributed by atoms with van der Waals surface area (Å²) in [6, 6.07) is -1.25. The lowest BCUT2D eigenvalue weighted by Crippen LogP contribution is -2.50. The van der Waals surface area contributed by atoms with Gasteiger partial charge in [0.2, 0.25) is 5.91 Å². The molecule has 282 valence electrons. The number of carbonyl (C=O) groups is 1. The van der Waals surface area contributed by atoms with Crippen molar-refractivity contribution in [3.05, 3.63) is 36.5 Å². The number of aliphatic hydroxyl groups is 2. The monoisotopic (exact) mass is 698 g/mol. The maximum atomic E-state index is 12.6. The van der Waals surface area contributed by atoms with E-state index in [0.717, 1.165) is 44.9 Å². The van der Waals surface area contributed by atoms with Gasteiger partial charge in [0, 0.05) is 0 Å². The number of nitrogens with one attached hydrogen (secondary N) is 1. The van der Waals surface area contributed by atoms with Crippen LogP contribution in [0.1, 0.15) is 187 Å². The van der Waals surface area contributed by atoms with Gasteiger partial charge in [-0.05, 0) is 57.8 Å². The van der Waals surface area contributed by atoms with Crippen LogP contribution in [0.5, 0.6) is 0 Å². The zero-order valence-electron chi connectivity index (χ0n) is 31.0. The predicted molar refractivity (Wildman–Crippen MR) is 204 cm³/mol. The third-order valence-corrected chi connectivity index (χ3v) is 9.68. The number of hydrogen-bond acceptors (Lipinski definition) is 5. The Bertz CT molecular complexity index is 917. The van der Waals surface area contributed by atoms with Crippen LogP contribution in [-0.4, -0.2) is 53.1 Å². The molecule has 1 amide bonds. The van der Waals surface area contributed by atoms with Gasteiger partial charge in [-0.2, -0.15) is 8.42 Å². The molecule has 8 heteroatoms. The highest BCUT2D eigenvalue weighted by molar-refractivity contribution is 7.85. The van der Waals surface area contributed by atoms with E-state index in [-0.39, 0.29) is 6.42 Å². The average Bonchev–Trinajstić information content (AvgIpc) is 3.05. The van der Waals surface area contributed by atoms with Gasteiger partial charge in [-0.25, -0.2) is 0 Å². The largest absolute Gasteiger partial charge is 0.387 e. The number of rotatable bonds is 35. The van der Waals surface area contributed by atoms with Gasteiger partial charge in [0.05, 0.1) is 17.9 Å². The van der Waals surface area contributed by atoms with E-state index >= 15 is 0 Å². The molecule has 0 aliphatic rings. The Balaban J connectivity index is 4.15. The Morgan fingerprint density at radius 3 is 1.38 bits per heavy atom. The smallest absolute Gasteiger partial charge is 0.267 e. The van der Waals surface area contributed by atoms with E-state index in [9.17, 15) is 28.0 Å². The minimum absolute atomic E-state index is 0.260. The summed E-state index contributed by atoms with van der Waals surface area (Å²) in [6.07, 6.45) is 40.5. The zero-order valence-corrected chi connectivity index (χ0v) is 31.8. The number of amides is 1. The van der Waals surface area contributed by atoms with Crippen LogP contribution in [-0.2, 0) is 14.9 Å². The Kier molecular flexibility index (Phi) is 32.9. The molecule has 7 nitrogen and oxygen atoms in total. The number of aliphatic hydroxyl groups excluding tert-OH is 2. The Hall–Kier alpha value is -1.48. The SMILES string of the molecule is CCCCCCCCC/C=C\CCCCCCC(O)C(=O)NC(CS(=O)(=O)O)C(O)/C=C/CC/C=C/CCCCCCCCCCCC. The number of unbranched alkanes of at least 4 members (excludes halogenated alkanes) is 22. The molecule has 0 saturated carbocycles. The molecule has 0 radical (unpaired) electrons. The first-order valence-electron chi connectivity index (χ1n) is 19.8. The molecule has 0 aromatic heterocycles. The van der Waals surface area contributed by atoms with Gasteiger partial charge in [0.25, 0.3) is 10.1 Å². The average molecular weight is 698 g/mol. The second-order valence-electron chi connectivity index (χ2n) is 13.7. The molecule has 0 bridgehead atoms. The molecule has 0 aromatic carbocycles. The van der Waals surface area contributed by atoms with Crippen molar-refractivity contribution < 1.29 is 28.0 Å². The van der Waals surface area contributed by atoms with Crippen molar-refractivity contribution in [2.24, 2.45) is 0 Å². The van der Waals surface area contributed by atoms with E-state index in [1.54, 1.807) is 6.08 Å². The van der Waals surface area contributed by atoms with Crippen LogP contribution in [0.4, 0.5) is 0 Å². The van der Waals surface area contributed by atoms with Crippen LogP contribution in [0.2, 0.25) is 0 Å². The normalized spacial score (nSPS) is 14.4. The molecule has 0 spiro atoms. The standard InChI is InChI=1S/C40H75NO6S/c1-3-5-7-9-11-13-15-17-19-21-22-24-26-28-30-32-34-38(42)37(36-48(45,46)47)41-40(44)39(43)35-33-31-29-27-25-23-20-18-16-14-12-10-8-6-4-2/h20,23-24,26,32,34,37-39,42-43H,3-19,21-22,25,27-31,33,35-36H2,1-2H3,(H,41,44)(H,45,46,47)/b23-20-,26-24+,34-32+. The topological polar surface area (TPSA) is 124 Å². The third kappa shape index (κ3) is 33.0. The van der Waals surface area contributed by atoms with E-state index in [2.05, 4.69) is 43.5 Å². The number of allylic oxidation sites excluding steroid dienone is 5. The maximum absolute atomic E-state index is 12.6. The molecule has 0 aliphatic heterocycles. The van der Waals surface area contributed by atoms with Gasteiger partial charge in [-0.15, -0.1) is 0 Å². The highest BCUT2D eigenvalue weighted by Crippen LogP contribution is 2.13. The molecular formula is C40H75NO6S. The summed E-state index contributed by atoms with van der Waals surface area (Å²) in [5.74, 6) is -1.57. The predicted octanol–water partition coefficient (Wildman–Crippen LogP) is 10.3. The first kappa shape index (κ1) is 46.5. The van der Waals surface area contributed by atoms with Crippen molar-refractivity contribution in [2.45, 2.75) is 205 Å². The summed E-state index contributed by atoms with van der Waals surface area (Å²) in [6.45, 7) is 4.49. The van der Waals surface area contributed by atoms with E-state index < -0.39 is 40.0 Å². The minimum atomic E-state index is -4.45. The van der Waals surface area contributed by atoms with Crippen LogP contribution in [0.3, 0.4) is 0 Å². The quantitative estimate of drug-likeness (QED) is 0.0297. The maximum Gasteiger partial charge on any atom is 0.267 e. The summed E-state index contributed by atoms with van der Waals surface area (Å²) in [7, 11) is -4.45. The van der Waals surface area contributed by atoms with E-state index in [0.29, 0.717) is 12.8 Å². The summed E-state index contributed by atoms with van der Waals surface area (Å²) < 4.78 is 32.4. The van der Waals surface area contributed by atoms with E-state index in [1.807, 2.05) is 0 Å². The number of carbonyl (C=O) groups excluding carboxylic acids is 1. The summed E-state index contributed by atoms with van der Waals surface area (Å²) in [5, 5.41) is 23.3. The second-order valence-corrected chi connectivity index (χ2v) is 15.2. The first-order chi connectivity index (χ1) is 23.2. The molecule has 0 aliphatic carbocycles. The molecule has 48 heavy (non-hydrogen) atoms. The van der Waals surface area contributed by atoms with Crippen molar-refractivity contribution in [1.29, 1.82) is 0 Å². The van der Waals surface area contributed by atoms with Gasteiger partial charge in [-0.1, -0.05) is 166 Å². The van der Waals surface area contributed by atoms with Crippen LogP contribution in [0, 0.1) is 0 Å². The van der Waals surface area contributed by atoms with Crippen molar-refractivity contribution in [3.8, 4) is 0 Å². The minimum Gasteiger partial charge on any atom is -0.387 e. The van der Waals surface area contributed by atoms with E-state index in [1.165, 1.54) is 115 Å². The second kappa shape index (κ2) is 34.0. The van der Waals surface area contributed by atoms with Crippen LogP contribution >= 0.6 is 0 Å². The van der Waals surface area contributed by atoms with Crippen LogP contribution in [0.25, 0.3) is 0 Å². The fourth-order valence-electron chi connectivity index (χ4n) is 5.82. The van der Waals surface area contributed by atoms with Crippen molar-refractivity contribution in [2.75, 3.05) is 5.75 Å². The zero-order chi connectivity index (χ0) is 35.6. The summed E-state index contributed by atoms with van der Waals surface area (Å²) in [4.78, 5) is 12.6. The van der Waals surface area contributed by atoms with Crippen molar-refractivity contribution >= 4 is 16.0 Å². The molecule has 0 fully saturated rings. The lowest BCUT2D eigenvalue weighted by Gasteiger charge is -2.22. The Morgan fingerprint density at radius 1 is 0.562 bits per heavy atom. The van der Waals surface area contributed by atoms with Crippen LogP contribution in [0.15, 0.2) is 36.5 Å². The molecule has 0 saturated heterocycles. The number of hydrogen-bond donors (Lipinski definition) is 4. The van der Waals surface area contributed by atoms with Gasteiger partial charge in [0.1, 0.15) is 6.10 Å². The Morgan fingerprint density at radius 2 is 0.938 bits per heavy atom. The molecule has 3 unspecified atom stereocenters. The molecular weight excluding hydrogens is 623 g/mol. The fraction of sp³-hybridized carbons (Fsp3) is 0.825. The fourth-order valence-corrected chi connectivity index (χ4v) is 6.55. The Labute approximate surface area is 296 Å². The highest BCUT2D eigenvalue weighted by atomic mass is 32.2. The lowest BCUT2D eigenvalue weighted by atomic mass is 10.1. The van der Waals surface area contributed by atoms with Gasteiger partial charge in [-0.3, -0.25) is 9.35 Å². The highest BCUT2D eigenvalue weighted by Gasteiger charge is 2.27. The molecule has 3 atom stereocenters. The molecule has 0 aromatic rings. The van der Waals surface area contributed by atoms with Gasteiger partial charge < -0.3 is 15.5 Å². The van der Waals surface area contributed by atoms with Crippen molar-refractivity contribution in [1.82, 2.24) is 5.32 Å². The third-order valence-electron chi connectivity index (χ3n) is 8.90. The van der Waals surface area contributed by atoms with E-state index in [4.69, 9.17) is 0 Å². The van der Waals surface area contributed by atoms with Crippen molar-refractivity contribution in [3.63, 3.8) is 0 Å². The summed E-state index contributed by atoms with van der Waals surface area (Å²) in [5.41, 5.74) is 0. The van der Waals surface area contributed by atoms with Gasteiger partial charge in [0.15, 0.2) is 0 Å². The lowest BCUT2D eigenvalue weighted by molar-refractivity contribution is -0.130. The molecule has 0 rings (SSSR count). The molecule has 0 heterocycles. The van der Waals surface area contributed by atoms with Crippen LogP contribution < -0.4 is 5.32 Å².